The maximum atomic E-state index is 14.8. The zero-order valence-electron chi connectivity index (χ0n) is 21.0. The molecular formula is C25H30F2N2O7. The van der Waals surface area contributed by atoms with E-state index in [1.54, 1.807) is 20.8 Å². The van der Waals surface area contributed by atoms with Crippen LogP contribution in [0, 0.1) is 17.6 Å². The maximum absolute atomic E-state index is 14.8. The number of nitrogens with zero attached hydrogens (tertiary/aromatic N) is 2. The summed E-state index contributed by atoms with van der Waals surface area (Å²) >= 11 is 0. The minimum absolute atomic E-state index is 0.0982. The molecular weight excluding hydrogens is 478 g/mol. The van der Waals surface area contributed by atoms with Gasteiger partial charge in [-0.2, -0.15) is 0 Å². The first-order chi connectivity index (χ1) is 16.9. The molecule has 196 valence electrons. The normalized spacial score (nSPS) is 13.5. The molecule has 2 rings (SSSR count). The Morgan fingerprint density at radius 2 is 1.78 bits per heavy atom. The van der Waals surface area contributed by atoms with E-state index in [-0.39, 0.29) is 28.7 Å². The first kappa shape index (κ1) is 28.5. The summed E-state index contributed by atoms with van der Waals surface area (Å²) in [5.74, 6) is -5.35. The Labute approximate surface area is 208 Å². The molecule has 11 heteroatoms. The van der Waals surface area contributed by atoms with E-state index in [4.69, 9.17) is 14.2 Å². The Bertz CT molecular complexity index is 1110. The molecule has 1 aromatic heterocycles. The second-order valence-electron chi connectivity index (χ2n) is 8.49. The number of aliphatic carboxylic acids is 1. The highest BCUT2D eigenvalue weighted by Gasteiger charge is 2.39. The van der Waals surface area contributed by atoms with Crippen molar-refractivity contribution in [3.8, 4) is 11.5 Å². The Morgan fingerprint density at radius 1 is 1.11 bits per heavy atom. The van der Waals surface area contributed by atoms with E-state index in [1.807, 2.05) is 0 Å². The summed E-state index contributed by atoms with van der Waals surface area (Å²) < 4.78 is 43.9. The van der Waals surface area contributed by atoms with Gasteiger partial charge in [0.05, 0.1) is 7.11 Å². The molecule has 0 fully saturated rings. The molecule has 36 heavy (non-hydrogen) atoms. The lowest BCUT2D eigenvalue weighted by molar-refractivity contribution is -0.147. The molecule has 0 aliphatic heterocycles. The van der Waals surface area contributed by atoms with Crippen molar-refractivity contribution in [3.05, 3.63) is 53.4 Å². The number of methoxy groups -OCH3 is 1. The molecule has 0 aliphatic carbocycles. The monoisotopic (exact) mass is 508 g/mol. The fourth-order valence-electron chi connectivity index (χ4n) is 4.13. The molecule has 0 aliphatic rings. The molecule has 0 saturated carbocycles. The number of hydrogen-bond donors (Lipinski definition) is 1. The number of benzene rings is 1. The van der Waals surface area contributed by atoms with Crippen LogP contribution in [0.25, 0.3) is 0 Å². The van der Waals surface area contributed by atoms with Crippen LogP contribution in [-0.4, -0.2) is 58.8 Å². The van der Waals surface area contributed by atoms with Crippen LogP contribution in [0.5, 0.6) is 11.5 Å². The smallest absolute Gasteiger partial charge is 0.326 e. The number of aromatic nitrogens is 1. The van der Waals surface area contributed by atoms with E-state index in [0.29, 0.717) is 0 Å². The van der Waals surface area contributed by atoms with Gasteiger partial charge in [-0.25, -0.2) is 18.6 Å². The number of carbonyl (C=O) groups is 3. The van der Waals surface area contributed by atoms with Crippen LogP contribution in [0.3, 0.4) is 0 Å². The van der Waals surface area contributed by atoms with Crippen molar-refractivity contribution in [1.82, 2.24) is 9.88 Å². The maximum Gasteiger partial charge on any atom is 0.326 e. The lowest BCUT2D eigenvalue weighted by Crippen LogP contribution is -2.51. The quantitative estimate of drug-likeness (QED) is 0.358. The summed E-state index contributed by atoms with van der Waals surface area (Å²) in [7, 11) is 1.33. The van der Waals surface area contributed by atoms with E-state index >= 15 is 0 Å². The van der Waals surface area contributed by atoms with Crippen molar-refractivity contribution < 1.29 is 42.5 Å². The zero-order chi connectivity index (χ0) is 27.2. The van der Waals surface area contributed by atoms with Crippen molar-refractivity contribution in [2.45, 2.75) is 52.6 Å². The van der Waals surface area contributed by atoms with Gasteiger partial charge in [0.2, 0.25) is 6.79 Å². The molecule has 1 unspecified atom stereocenters. The number of hydrogen-bond acceptors (Lipinski definition) is 7. The second kappa shape index (κ2) is 12.3. The number of amides is 1. The summed E-state index contributed by atoms with van der Waals surface area (Å²) in [5.41, 5.74) is -0.150. The predicted molar refractivity (Wildman–Crippen MR) is 125 cm³/mol. The number of carboxylic acid groups (broad SMARTS) is 1. The Balaban J connectivity index is 2.61. The summed E-state index contributed by atoms with van der Waals surface area (Å²) in [6.45, 7) is 7.11. The number of rotatable bonds is 11. The molecule has 0 spiro atoms. The fourth-order valence-corrected chi connectivity index (χ4v) is 4.13. The van der Waals surface area contributed by atoms with E-state index in [0.717, 1.165) is 17.0 Å². The minimum atomic E-state index is -1.36. The van der Waals surface area contributed by atoms with Crippen molar-refractivity contribution in [3.63, 3.8) is 0 Å². The van der Waals surface area contributed by atoms with Crippen molar-refractivity contribution >= 4 is 17.8 Å². The first-order valence-electron chi connectivity index (χ1n) is 11.2. The van der Waals surface area contributed by atoms with Crippen molar-refractivity contribution in [2.75, 3.05) is 13.9 Å². The largest absolute Gasteiger partial charge is 0.493 e. The van der Waals surface area contributed by atoms with Gasteiger partial charge >= 0.3 is 11.9 Å². The molecule has 3 atom stereocenters. The number of halogens is 2. The molecule has 1 aromatic carbocycles. The molecule has 2 aromatic rings. The molecule has 1 heterocycles. The van der Waals surface area contributed by atoms with Gasteiger partial charge in [0.1, 0.15) is 17.7 Å². The number of carbonyl (C=O) groups excluding carboxylic acids is 2. The molecule has 1 amide bonds. The number of esters is 1. The average molecular weight is 509 g/mol. The van der Waals surface area contributed by atoms with Gasteiger partial charge in [0, 0.05) is 37.2 Å². The lowest BCUT2D eigenvalue weighted by atomic mass is 9.81. The van der Waals surface area contributed by atoms with Crippen LogP contribution in [-0.2, 0) is 14.3 Å². The highest BCUT2D eigenvalue weighted by molar-refractivity contribution is 5.98. The van der Waals surface area contributed by atoms with E-state index < -0.39 is 54.3 Å². The SMILES string of the molecule is COc1ccnc(C(=O)N(C(C)[C@H](c2ccc(F)cc2F)C(C)C)[C@@H](C)C(=O)O)c1OCOC(C)=O. The number of ether oxygens (including phenoxy) is 3. The van der Waals surface area contributed by atoms with Crippen LogP contribution in [0.4, 0.5) is 8.78 Å². The van der Waals surface area contributed by atoms with Crippen LogP contribution in [0.2, 0.25) is 0 Å². The van der Waals surface area contributed by atoms with E-state index in [9.17, 15) is 28.3 Å². The third-order valence-corrected chi connectivity index (χ3v) is 5.76. The van der Waals surface area contributed by atoms with Crippen molar-refractivity contribution in [1.29, 1.82) is 0 Å². The van der Waals surface area contributed by atoms with Crippen LogP contribution in [0.15, 0.2) is 30.5 Å². The topological polar surface area (TPSA) is 115 Å². The minimum Gasteiger partial charge on any atom is -0.493 e. The Hall–Kier alpha value is -3.76. The molecule has 1 N–H and O–H groups in total. The molecule has 0 bridgehead atoms. The average Bonchev–Trinajstić information content (AvgIpc) is 2.80. The van der Waals surface area contributed by atoms with Gasteiger partial charge in [-0.1, -0.05) is 19.9 Å². The van der Waals surface area contributed by atoms with Gasteiger partial charge in [-0.3, -0.25) is 9.59 Å². The van der Waals surface area contributed by atoms with Crippen LogP contribution in [0.1, 0.15) is 56.6 Å². The Kier molecular flexibility index (Phi) is 9.71. The Morgan fingerprint density at radius 3 is 2.31 bits per heavy atom. The second-order valence-corrected chi connectivity index (χ2v) is 8.49. The van der Waals surface area contributed by atoms with Gasteiger partial charge in [-0.15, -0.1) is 0 Å². The molecule has 0 radical (unpaired) electrons. The van der Waals surface area contributed by atoms with E-state index in [1.165, 1.54) is 39.3 Å². The fraction of sp³-hybridized carbons (Fsp3) is 0.440. The summed E-state index contributed by atoms with van der Waals surface area (Å²) in [6.07, 6.45) is 1.28. The first-order valence-corrected chi connectivity index (χ1v) is 11.2. The lowest BCUT2D eigenvalue weighted by Gasteiger charge is -2.39. The third-order valence-electron chi connectivity index (χ3n) is 5.76. The van der Waals surface area contributed by atoms with Crippen LogP contribution < -0.4 is 9.47 Å². The molecule has 0 saturated heterocycles. The number of carboxylic acids is 1. The van der Waals surface area contributed by atoms with Gasteiger partial charge in [0.15, 0.2) is 17.2 Å². The van der Waals surface area contributed by atoms with E-state index in [2.05, 4.69) is 4.98 Å². The predicted octanol–water partition coefficient (Wildman–Crippen LogP) is 4.01. The van der Waals surface area contributed by atoms with Gasteiger partial charge in [0.25, 0.3) is 5.91 Å². The number of pyridine rings is 1. The highest BCUT2D eigenvalue weighted by atomic mass is 19.1. The van der Waals surface area contributed by atoms with Gasteiger partial charge < -0.3 is 24.2 Å². The highest BCUT2D eigenvalue weighted by Crippen LogP contribution is 2.36. The summed E-state index contributed by atoms with van der Waals surface area (Å²) in [4.78, 5) is 42.1. The zero-order valence-corrected chi connectivity index (χ0v) is 21.0. The molecule has 9 nitrogen and oxygen atoms in total. The standard InChI is InChI=1S/C25H30F2N2O7/c1-13(2)21(18-8-7-17(26)11-19(18)27)14(3)29(15(4)25(32)33)24(31)22-23(36-12-35-16(5)30)20(34-6)9-10-28-22/h7-11,13-15,21H,12H2,1-6H3,(H,32,33)/t14?,15-,21+/m0/s1. The third kappa shape index (κ3) is 6.46. The summed E-state index contributed by atoms with van der Waals surface area (Å²) in [5, 5.41) is 9.80. The van der Waals surface area contributed by atoms with Gasteiger partial charge in [-0.05, 0) is 31.4 Å². The van der Waals surface area contributed by atoms with Crippen LogP contribution >= 0.6 is 0 Å². The van der Waals surface area contributed by atoms with Crippen molar-refractivity contribution in [2.24, 2.45) is 5.92 Å². The summed E-state index contributed by atoms with van der Waals surface area (Å²) in [6, 6.07) is 2.33.